The zero-order valence-corrected chi connectivity index (χ0v) is 11.9. The zero-order valence-electron chi connectivity index (χ0n) is 10.3. The van der Waals surface area contributed by atoms with Crippen molar-refractivity contribution >= 4 is 21.6 Å². The highest BCUT2D eigenvalue weighted by atomic mass is 79.9. The van der Waals surface area contributed by atoms with Crippen LogP contribution in [0.3, 0.4) is 0 Å². The first-order valence-corrected chi connectivity index (χ1v) is 6.71. The van der Waals surface area contributed by atoms with E-state index in [9.17, 15) is 13.2 Å². The minimum absolute atomic E-state index is 0.0736. The summed E-state index contributed by atoms with van der Waals surface area (Å²) in [5.74, 6) is 0.720. The molecule has 1 aromatic heterocycles. The fourth-order valence-corrected chi connectivity index (χ4v) is 2.10. The topological polar surface area (TPSA) is 53.6 Å². The maximum absolute atomic E-state index is 12.8. The Labute approximate surface area is 121 Å². The number of H-pyrrole nitrogens is 1. The van der Waals surface area contributed by atoms with Crippen LogP contribution < -0.4 is 5.32 Å². The van der Waals surface area contributed by atoms with Gasteiger partial charge in [0.05, 0.1) is 5.56 Å². The fourth-order valence-electron chi connectivity index (χ4n) is 1.74. The number of nitrogens with one attached hydrogen (secondary N) is 2. The van der Waals surface area contributed by atoms with Crippen molar-refractivity contribution < 1.29 is 13.2 Å². The predicted octanol–water partition coefficient (Wildman–Crippen LogP) is 3.63. The van der Waals surface area contributed by atoms with Gasteiger partial charge >= 0.3 is 6.18 Å². The second kappa shape index (κ2) is 6.25. The molecule has 108 valence electrons. The second-order valence-electron chi connectivity index (χ2n) is 4.15. The Hall–Kier alpha value is -1.57. The molecule has 2 N–H and O–H groups in total. The lowest BCUT2D eigenvalue weighted by Gasteiger charge is -2.14. The van der Waals surface area contributed by atoms with Gasteiger partial charge in [0, 0.05) is 23.1 Å². The Kier molecular flexibility index (Phi) is 4.64. The summed E-state index contributed by atoms with van der Waals surface area (Å²) in [6, 6.07) is 3.86. The van der Waals surface area contributed by atoms with Crippen LogP contribution in [0, 0.1) is 0 Å². The number of hydrogen-bond acceptors (Lipinski definition) is 3. The van der Waals surface area contributed by atoms with Crippen LogP contribution in [0.4, 0.5) is 18.9 Å². The average Bonchev–Trinajstić information content (AvgIpc) is 2.86. The number of aromatic amines is 1. The smallest absolute Gasteiger partial charge is 0.385 e. The quantitative estimate of drug-likeness (QED) is 0.811. The summed E-state index contributed by atoms with van der Waals surface area (Å²) in [6.45, 7) is 0.417. The molecular weight excluding hydrogens is 337 g/mol. The third-order valence-corrected chi connectivity index (χ3v) is 3.15. The van der Waals surface area contributed by atoms with Crippen LogP contribution in [-0.2, 0) is 12.6 Å². The van der Waals surface area contributed by atoms with Crippen molar-refractivity contribution in [3.63, 3.8) is 0 Å². The molecule has 0 radical (unpaired) electrons. The third kappa shape index (κ3) is 3.96. The van der Waals surface area contributed by atoms with E-state index in [4.69, 9.17) is 0 Å². The van der Waals surface area contributed by atoms with Gasteiger partial charge < -0.3 is 5.32 Å². The standard InChI is InChI=1S/C12H12BrF3N4/c13-8-3-4-9(12(14,15)16)10(6-8)17-5-1-2-11-18-7-19-20-11/h3-4,6-7,17H,1-2,5H2,(H,18,19,20). The molecular formula is C12H12BrF3N4. The normalized spacial score (nSPS) is 11.6. The Morgan fingerprint density at radius 1 is 1.30 bits per heavy atom. The summed E-state index contributed by atoms with van der Waals surface area (Å²) in [5.41, 5.74) is -0.593. The zero-order chi connectivity index (χ0) is 14.6. The summed E-state index contributed by atoms with van der Waals surface area (Å²) in [4.78, 5) is 3.95. The average molecular weight is 349 g/mol. The molecule has 20 heavy (non-hydrogen) atoms. The van der Waals surface area contributed by atoms with Gasteiger partial charge in [0.1, 0.15) is 12.2 Å². The minimum atomic E-state index is -4.37. The van der Waals surface area contributed by atoms with Gasteiger partial charge in [-0.2, -0.15) is 18.3 Å². The van der Waals surface area contributed by atoms with E-state index >= 15 is 0 Å². The lowest BCUT2D eigenvalue weighted by Crippen LogP contribution is -2.12. The van der Waals surface area contributed by atoms with E-state index in [0.29, 0.717) is 23.9 Å². The van der Waals surface area contributed by atoms with Crippen LogP contribution in [-0.4, -0.2) is 21.7 Å². The van der Waals surface area contributed by atoms with E-state index in [-0.39, 0.29) is 5.69 Å². The number of aryl methyl sites for hydroxylation is 1. The molecule has 0 bridgehead atoms. The second-order valence-corrected chi connectivity index (χ2v) is 5.07. The molecule has 1 aromatic carbocycles. The highest BCUT2D eigenvalue weighted by Crippen LogP contribution is 2.36. The summed E-state index contributed by atoms with van der Waals surface area (Å²) >= 11 is 3.17. The van der Waals surface area contributed by atoms with Crippen molar-refractivity contribution in [1.82, 2.24) is 15.2 Å². The summed E-state index contributed by atoms with van der Waals surface area (Å²) in [5, 5.41) is 9.22. The number of nitrogens with zero attached hydrogens (tertiary/aromatic N) is 2. The molecule has 2 aromatic rings. The Morgan fingerprint density at radius 3 is 2.75 bits per heavy atom. The van der Waals surface area contributed by atoms with Gasteiger partial charge in [0.15, 0.2) is 0 Å². The van der Waals surface area contributed by atoms with E-state index in [2.05, 4.69) is 36.4 Å². The molecule has 0 unspecified atom stereocenters. The van der Waals surface area contributed by atoms with Gasteiger partial charge in [0.2, 0.25) is 0 Å². The van der Waals surface area contributed by atoms with Crippen LogP contribution in [0.25, 0.3) is 0 Å². The van der Waals surface area contributed by atoms with Gasteiger partial charge in [-0.1, -0.05) is 15.9 Å². The van der Waals surface area contributed by atoms with E-state index in [1.54, 1.807) is 0 Å². The Morgan fingerprint density at radius 2 is 2.10 bits per heavy atom. The molecule has 1 heterocycles. The number of anilines is 1. The van der Waals surface area contributed by atoms with Crippen molar-refractivity contribution in [2.45, 2.75) is 19.0 Å². The van der Waals surface area contributed by atoms with Crippen molar-refractivity contribution in [3.8, 4) is 0 Å². The highest BCUT2D eigenvalue weighted by Gasteiger charge is 2.33. The fraction of sp³-hybridized carbons (Fsp3) is 0.333. The van der Waals surface area contributed by atoms with Gasteiger partial charge in [-0.3, -0.25) is 5.10 Å². The van der Waals surface area contributed by atoms with Crippen LogP contribution in [0.5, 0.6) is 0 Å². The van der Waals surface area contributed by atoms with E-state index in [1.807, 2.05) is 0 Å². The lowest BCUT2D eigenvalue weighted by atomic mass is 10.1. The molecule has 0 aliphatic carbocycles. The number of hydrogen-bond donors (Lipinski definition) is 2. The first kappa shape index (κ1) is 14.8. The van der Waals surface area contributed by atoms with E-state index < -0.39 is 11.7 Å². The highest BCUT2D eigenvalue weighted by molar-refractivity contribution is 9.10. The lowest BCUT2D eigenvalue weighted by molar-refractivity contribution is -0.137. The van der Waals surface area contributed by atoms with Crippen LogP contribution in [0.15, 0.2) is 29.0 Å². The Balaban J connectivity index is 1.96. The number of alkyl halides is 3. The van der Waals surface area contributed by atoms with Crippen LogP contribution in [0.2, 0.25) is 0 Å². The summed E-state index contributed by atoms with van der Waals surface area (Å²) < 4.78 is 39.1. The molecule has 0 spiro atoms. The first-order valence-electron chi connectivity index (χ1n) is 5.91. The Bertz CT molecular complexity index is 554. The van der Waals surface area contributed by atoms with Crippen molar-refractivity contribution in [2.24, 2.45) is 0 Å². The largest absolute Gasteiger partial charge is 0.418 e. The van der Waals surface area contributed by atoms with Crippen molar-refractivity contribution in [1.29, 1.82) is 0 Å². The van der Waals surface area contributed by atoms with Gasteiger partial charge in [-0.05, 0) is 24.6 Å². The molecule has 0 aliphatic rings. The predicted molar refractivity (Wildman–Crippen MR) is 72.3 cm³/mol. The maximum Gasteiger partial charge on any atom is 0.418 e. The van der Waals surface area contributed by atoms with Crippen molar-refractivity contribution in [3.05, 3.63) is 40.4 Å². The van der Waals surface area contributed by atoms with Gasteiger partial charge in [-0.15, -0.1) is 0 Å². The van der Waals surface area contributed by atoms with E-state index in [1.165, 1.54) is 18.5 Å². The van der Waals surface area contributed by atoms with Gasteiger partial charge in [-0.25, -0.2) is 4.98 Å². The van der Waals surface area contributed by atoms with Crippen LogP contribution >= 0.6 is 15.9 Å². The molecule has 4 nitrogen and oxygen atoms in total. The molecule has 0 fully saturated rings. The van der Waals surface area contributed by atoms with E-state index in [0.717, 1.165) is 11.9 Å². The van der Waals surface area contributed by atoms with Crippen LogP contribution in [0.1, 0.15) is 17.8 Å². The molecule has 0 amide bonds. The first-order chi connectivity index (χ1) is 9.47. The monoisotopic (exact) mass is 348 g/mol. The summed E-state index contributed by atoms with van der Waals surface area (Å²) in [7, 11) is 0. The SMILES string of the molecule is FC(F)(F)c1ccc(Br)cc1NCCCc1ncn[nH]1. The number of benzene rings is 1. The molecule has 0 aliphatic heterocycles. The van der Waals surface area contributed by atoms with Gasteiger partial charge in [0.25, 0.3) is 0 Å². The number of rotatable bonds is 5. The minimum Gasteiger partial charge on any atom is -0.385 e. The molecule has 0 saturated carbocycles. The molecule has 0 atom stereocenters. The van der Waals surface area contributed by atoms with Crippen molar-refractivity contribution in [2.75, 3.05) is 11.9 Å². The maximum atomic E-state index is 12.8. The molecule has 0 saturated heterocycles. The molecule has 2 rings (SSSR count). The summed E-state index contributed by atoms with van der Waals surface area (Å²) in [6.07, 6.45) is -1.69. The number of halogens is 4. The molecule has 8 heteroatoms. The number of aromatic nitrogens is 3. The third-order valence-electron chi connectivity index (χ3n) is 2.66.